The molecule has 0 saturated carbocycles. The number of nitrogens with zero attached hydrogens (tertiary/aromatic N) is 3. The number of anilines is 1. The van der Waals surface area contributed by atoms with E-state index < -0.39 is 9.84 Å². The zero-order chi connectivity index (χ0) is 18.4. The minimum atomic E-state index is -2.98. The maximum absolute atomic E-state index is 11.3. The Morgan fingerprint density at radius 2 is 1.88 bits per heavy atom. The highest BCUT2D eigenvalue weighted by Gasteiger charge is 2.21. The second kappa shape index (κ2) is 8.56. The lowest BCUT2D eigenvalue weighted by Gasteiger charge is -2.38. The van der Waals surface area contributed by atoms with E-state index in [1.807, 2.05) is 6.92 Å². The fourth-order valence-electron chi connectivity index (χ4n) is 2.98. The lowest BCUT2D eigenvalue weighted by atomic mass is 10.1. The molecule has 0 unspecified atom stereocenters. The second-order valence-electron chi connectivity index (χ2n) is 6.56. The first-order valence-electron chi connectivity index (χ1n) is 8.84. The topological polar surface area (TPSA) is 65.0 Å². The molecule has 1 aliphatic heterocycles. The molecular formula is C18H30N4O2S. The summed E-state index contributed by atoms with van der Waals surface area (Å²) in [5.74, 6) is 0.899. The molecule has 1 heterocycles. The van der Waals surface area contributed by atoms with E-state index in [4.69, 9.17) is 0 Å². The maximum Gasteiger partial charge on any atom is 0.194 e. The number of aliphatic imine (C=N–C) groups is 1. The molecule has 0 aromatic heterocycles. The van der Waals surface area contributed by atoms with E-state index in [-0.39, 0.29) is 5.75 Å². The third-order valence-corrected chi connectivity index (χ3v) is 5.48. The van der Waals surface area contributed by atoms with Crippen molar-refractivity contribution in [1.29, 1.82) is 0 Å². The lowest BCUT2D eigenvalue weighted by Crippen LogP contribution is -2.52. The minimum absolute atomic E-state index is 0.0876. The van der Waals surface area contributed by atoms with E-state index in [0.29, 0.717) is 6.54 Å². The number of piperazine rings is 1. The van der Waals surface area contributed by atoms with Crippen LogP contribution in [0.5, 0.6) is 0 Å². The molecular weight excluding hydrogens is 336 g/mol. The highest BCUT2D eigenvalue weighted by atomic mass is 32.2. The Bertz CT molecular complexity index is 708. The van der Waals surface area contributed by atoms with E-state index in [9.17, 15) is 8.42 Å². The third kappa shape index (κ3) is 5.63. The maximum atomic E-state index is 11.3. The van der Waals surface area contributed by atoms with Crippen LogP contribution in [-0.2, 0) is 9.84 Å². The number of hydrogen-bond donors (Lipinski definition) is 1. The Morgan fingerprint density at radius 1 is 1.20 bits per heavy atom. The van der Waals surface area contributed by atoms with Crippen LogP contribution < -0.4 is 10.2 Å². The summed E-state index contributed by atoms with van der Waals surface area (Å²) in [7, 11) is -2.98. The first-order chi connectivity index (χ1) is 11.8. The molecule has 2 rings (SSSR count). The van der Waals surface area contributed by atoms with E-state index in [0.717, 1.165) is 38.7 Å². The van der Waals surface area contributed by atoms with E-state index >= 15 is 0 Å². The lowest BCUT2D eigenvalue weighted by molar-refractivity contribution is 0.372. The molecule has 1 saturated heterocycles. The first-order valence-corrected chi connectivity index (χ1v) is 10.9. The Kier molecular flexibility index (Phi) is 6.70. The smallest absolute Gasteiger partial charge is 0.194 e. The Morgan fingerprint density at radius 3 is 2.48 bits per heavy atom. The van der Waals surface area contributed by atoms with E-state index in [1.165, 1.54) is 23.1 Å². The summed E-state index contributed by atoms with van der Waals surface area (Å²) in [6.07, 6.45) is 1.25. The van der Waals surface area contributed by atoms with Crippen molar-refractivity contribution < 1.29 is 8.42 Å². The molecule has 0 amide bonds. The van der Waals surface area contributed by atoms with Gasteiger partial charge in [-0.15, -0.1) is 0 Å². The van der Waals surface area contributed by atoms with Crippen molar-refractivity contribution in [2.45, 2.75) is 20.8 Å². The molecule has 0 aliphatic carbocycles. The van der Waals surface area contributed by atoms with Crippen molar-refractivity contribution in [1.82, 2.24) is 10.2 Å². The molecule has 1 N–H and O–H groups in total. The van der Waals surface area contributed by atoms with Crippen LogP contribution in [0.1, 0.15) is 18.1 Å². The predicted molar refractivity (Wildman–Crippen MR) is 105 cm³/mol. The predicted octanol–water partition coefficient (Wildman–Crippen LogP) is 1.44. The van der Waals surface area contributed by atoms with Gasteiger partial charge in [0.25, 0.3) is 0 Å². The average Bonchev–Trinajstić information content (AvgIpc) is 2.56. The number of sulfone groups is 1. The van der Waals surface area contributed by atoms with Crippen molar-refractivity contribution in [3.63, 3.8) is 0 Å². The normalized spacial score (nSPS) is 16.2. The van der Waals surface area contributed by atoms with Crippen LogP contribution in [0.3, 0.4) is 0 Å². The summed E-state index contributed by atoms with van der Waals surface area (Å²) >= 11 is 0. The van der Waals surface area contributed by atoms with Crippen molar-refractivity contribution in [2.75, 3.05) is 56.2 Å². The van der Waals surface area contributed by atoms with E-state index in [2.05, 4.69) is 52.2 Å². The van der Waals surface area contributed by atoms with Gasteiger partial charge in [-0.2, -0.15) is 0 Å². The molecule has 140 valence electrons. The SMILES string of the molecule is CCNC(=NCCS(C)(=O)=O)N1CCN(c2cccc(C)c2C)CC1. The van der Waals surface area contributed by atoms with Gasteiger partial charge in [-0.05, 0) is 38.0 Å². The summed E-state index contributed by atoms with van der Waals surface area (Å²) in [4.78, 5) is 9.12. The number of hydrogen-bond acceptors (Lipinski definition) is 4. The molecule has 0 spiro atoms. The van der Waals surface area contributed by atoms with Gasteiger partial charge in [-0.3, -0.25) is 4.99 Å². The third-order valence-electron chi connectivity index (χ3n) is 4.55. The van der Waals surface area contributed by atoms with Crippen LogP contribution in [0.15, 0.2) is 23.2 Å². The zero-order valence-electron chi connectivity index (χ0n) is 15.7. The van der Waals surface area contributed by atoms with Crippen LogP contribution >= 0.6 is 0 Å². The zero-order valence-corrected chi connectivity index (χ0v) is 16.6. The molecule has 25 heavy (non-hydrogen) atoms. The van der Waals surface area contributed by atoms with Gasteiger partial charge in [0.05, 0.1) is 12.3 Å². The van der Waals surface area contributed by atoms with Gasteiger partial charge in [-0.25, -0.2) is 8.42 Å². The highest BCUT2D eigenvalue weighted by molar-refractivity contribution is 7.90. The van der Waals surface area contributed by atoms with Gasteiger partial charge in [0.1, 0.15) is 9.84 Å². The van der Waals surface area contributed by atoms with Gasteiger partial charge in [-0.1, -0.05) is 12.1 Å². The van der Waals surface area contributed by atoms with Crippen molar-refractivity contribution >= 4 is 21.5 Å². The molecule has 6 nitrogen and oxygen atoms in total. The summed E-state index contributed by atoms with van der Waals surface area (Å²) in [6, 6.07) is 6.44. The number of nitrogens with one attached hydrogen (secondary N) is 1. The molecule has 1 aromatic rings. The standard InChI is InChI=1S/C18H30N4O2S/c1-5-19-18(20-9-14-25(4,23)24)22-12-10-21(11-13-22)17-8-6-7-15(2)16(17)3/h6-8H,5,9-14H2,1-4H3,(H,19,20). The molecule has 1 fully saturated rings. The Labute approximate surface area is 151 Å². The Hall–Kier alpha value is -1.76. The van der Waals surface area contributed by atoms with Crippen LogP contribution in [0.4, 0.5) is 5.69 Å². The molecule has 0 bridgehead atoms. The number of benzene rings is 1. The fourth-order valence-corrected chi connectivity index (χ4v) is 3.40. The Balaban J connectivity index is 2.00. The summed E-state index contributed by atoms with van der Waals surface area (Å²) in [5.41, 5.74) is 3.96. The second-order valence-corrected chi connectivity index (χ2v) is 8.82. The monoisotopic (exact) mass is 366 g/mol. The molecule has 7 heteroatoms. The summed E-state index contributed by atoms with van der Waals surface area (Å²) in [6.45, 7) is 11.0. The molecule has 0 atom stereocenters. The van der Waals surface area contributed by atoms with E-state index in [1.54, 1.807) is 0 Å². The number of aryl methyl sites for hydroxylation is 1. The number of guanidine groups is 1. The van der Waals surface area contributed by atoms with Crippen LogP contribution in [0.2, 0.25) is 0 Å². The van der Waals surface area contributed by atoms with Crippen molar-refractivity contribution in [3.05, 3.63) is 29.3 Å². The highest BCUT2D eigenvalue weighted by Crippen LogP contribution is 2.23. The van der Waals surface area contributed by atoms with Gasteiger partial charge in [0, 0.05) is 44.7 Å². The van der Waals surface area contributed by atoms with Crippen molar-refractivity contribution in [2.24, 2.45) is 4.99 Å². The van der Waals surface area contributed by atoms with Crippen LogP contribution in [0.25, 0.3) is 0 Å². The molecule has 0 radical (unpaired) electrons. The molecule has 1 aliphatic rings. The largest absolute Gasteiger partial charge is 0.368 e. The molecule has 1 aromatic carbocycles. The van der Waals surface area contributed by atoms with Gasteiger partial charge < -0.3 is 15.1 Å². The quantitative estimate of drug-likeness (QED) is 0.631. The van der Waals surface area contributed by atoms with Gasteiger partial charge >= 0.3 is 0 Å². The van der Waals surface area contributed by atoms with Crippen LogP contribution in [-0.4, -0.2) is 70.6 Å². The average molecular weight is 367 g/mol. The van der Waals surface area contributed by atoms with Gasteiger partial charge in [0.2, 0.25) is 0 Å². The van der Waals surface area contributed by atoms with Crippen LogP contribution in [0, 0.1) is 13.8 Å². The number of rotatable bonds is 5. The fraction of sp³-hybridized carbons (Fsp3) is 0.611. The van der Waals surface area contributed by atoms with Gasteiger partial charge in [0.15, 0.2) is 5.96 Å². The minimum Gasteiger partial charge on any atom is -0.368 e. The van der Waals surface area contributed by atoms with Crippen molar-refractivity contribution in [3.8, 4) is 0 Å². The summed E-state index contributed by atoms with van der Waals surface area (Å²) < 4.78 is 22.6. The first kappa shape index (κ1) is 19.6. The summed E-state index contributed by atoms with van der Waals surface area (Å²) in [5, 5.41) is 3.28.